The minimum atomic E-state index is -0.767. The smallest absolute Gasteiger partial charge is 0.243 e. The molecule has 1 saturated heterocycles. The van der Waals surface area contributed by atoms with Crippen LogP contribution in [0.25, 0.3) is 10.4 Å². The van der Waals surface area contributed by atoms with Gasteiger partial charge in [-0.2, -0.15) is 0 Å². The van der Waals surface area contributed by atoms with Gasteiger partial charge in [0.1, 0.15) is 23.4 Å². The number of rotatable bonds is 8. The summed E-state index contributed by atoms with van der Waals surface area (Å²) < 4.78 is 5.28. The third-order valence-corrected chi connectivity index (χ3v) is 7.64. The normalized spacial score (nSPS) is 18.6. The van der Waals surface area contributed by atoms with Gasteiger partial charge in [0.15, 0.2) is 0 Å². The van der Waals surface area contributed by atoms with Crippen LogP contribution in [-0.4, -0.2) is 76.2 Å². The van der Waals surface area contributed by atoms with E-state index in [2.05, 4.69) is 27.3 Å². The first-order valence-electron chi connectivity index (χ1n) is 13.0. The summed E-state index contributed by atoms with van der Waals surface area (Å²) >= 11 is 1.54. The van der Waals surface area contributed by atoms with Crippen molar-refractivity contribution in [1.29, 1.82) is 0 Å². The van der Waals surface area contributed by atoms with Crippen molar-refractivity contribution in [3.63, 3.8) is 0 Å². The molecule has 0 radical (unpaired) electrons. The van der Waals surface area contributed by atoms with Crippen LogP contribution in [0.1, 0.15) is 56.2 Å². The number of benzene rings is 1. The van der Waals surface area contributed by atoms with Crippen LogP contribution in [0, 0.1) is 17.8 Å². The lowest BCUT2D eigenvalue weighted by molar-refractivity contribution is -0.141. The number of carbonyl (C=O) groups excluding carboxylic acids is 2. The van der Waals surface area contributed by atoms with Gasteiger partial charge in [0, 0.05) is 19.0 Å². The number of carbonyl (C=O) groups is 2. The van der Waals surface area contributed by atoms with Gasteiger partial charge >= 0.3 is 0 Å². The van der Waals surface area contributed by atoms with Gasteiger partial charge in [-0.3, -0.25) is 14.5 Å². The molecule has 3 aromatic rings. The fraction of sp³-hybridized carbons (Fsp3) is 0.448. The summed E-state index contributed by atoms with van der Waals surface area (Å²) in [6.07, 6.45) is 0.923. The molecule has 0 spiro atoms. The van der Waals surface area contributed by atoms with Crippen LogP contribution >= 0.6 is 11.3 Å². The van der Waals surface area contributed by atoms with Crippen LogP contribution in [0.2, 0.25) is 0 Å². The molecule has 9 nitrogen and oxygen atoms in total. The zero-order valence-electron chi connectivity index (χ0n) is 22.9. The van der Waals surface area contributed by atoms with Crippen molar-refractivity contribution in [3.8, 4) is 22.3 Å². The van der Waals surface area contributed by atoms with Crippen molar-refractivity contribution in [2.75, 3.05) is 27.2 Å². The number of aromatic nitrogens is 2. The molecule has 0 saturated carbocycles. The molecule has 2 aromatic heterocycles. The highest BCUT2D eigenvalue weighted by Crippen LogP contribution is 2.31. The van der Waals surface area contributed by atoms with Gasteiger partial charge in [-0.15, -0.1) is 11.3 Å². The Morgan fingerprint density at radius 2 is 1.97 bits per heavy atom. The Kier molecular flexibility index (Phi) is 9.17. The fourth-order valence-corrected chi connectivity index (χ4v) is 5.49. The number of amides is 2. The number of likely N-dealkylation sites (tertiary alicyclic amines) is 1. The standard InChI is InChI=1S/C29H35N5O4S/c1-18(2)26(25-12-13-31-38-25)29(37)34-16-22(35)15-24(34)28(36)32-19(3)20-8-10-21(11-9-20)27-23(30-17-39-27)7-6-14-33(4)5/h8-13,17-19,22,24,26,35H,14-16H2,1-5H3,(H,32,36)/t19-,22+,24-,26+/m0/s1. The van der Waals surface area contributed by atoms with Crippen molar-refractivity contribution in [2.45, 2.75) is 51.3 Å². The van der Waals surface area contributed by atoms with Crippen LogP contribution in [0.4, 0.5) is 0 Å². The molecule has 4 rings (SSSR count). The van der Waals surface area contributed by atoms with Crippen molar-refractivity contribution in [3.05, 3.63) is 59.1 Å². The number of thiazole rings is 1. The highest BCUT2D eigenvalue weighted by molar-refractivity contribution is 7.13. The summed E-state index contributed by atoms with van der Waals surface area (Å²) in [5, 5.41) is 17.1. The van der Waals surface area contributed by atoms with Gasteiger partial charge in [0.25, 0.3) is 0 Å². The monoisotopic (exact) mass is 549 g/mol. The van der Waals surface area contributed by atoms with Crippen LogP contribution < -0.4 is 5.32 Å². The first kappa shape index (κ1) is 28.5. The maximum atomic E-state index is 13.5. The van der Waals surface area contributed by atoms with E-state index in [4.69, 9.17) is 4.52 Å². The highest BCUT2D eigenvalue weighted by Gasteiger charge is 2.43. The molecule has 1 aliphatic heterocycles. The Morgan fingerprint density at radius 1 is 1.23 bits per heavy atom. The van der Waals surface area contributed by atoms with Crippen LogP contribution in [0.5, 0.6) is 0 Å². The number of aliphatic hydroxyl groups excluding tert-OH is 1. The SMILES string of the molecule is CC(C)[C@@H](C(=O)N1C[C@H](O)C[C@H]1C(=O)N[C@@H](C)c1ccc(-c2scnc2C#CCN(C)C)cc1)c1ccno1. The van der Waals surface area contributed by atoms with Gasteiger partial charge in [-0.1, -0.05) is 49.2 Å². The summed E-state index contributed by atoms with van der Waals surface area (Å²) in [7, 11) is 3.95. The largest absolute Gasteiger partial charge is 0.391 e. The summed E-state index contributed by atoms with van der Waals surface area (Å²) in [6.45, 7) is 6.51. The molecule has 0 unspecified atom stereocenters. The van der Waals surface area contributed by atoms with Crippen LogP contribution in [0.3, 0.4) is 0 Å². The Morgan fingerprint density at radius 3 is 2.62 bits per heavy atom. The van der Waals surface area contributed by atoms with E-state index in [1.54, 1.807) is 22.9 Å². The second-order valence-corrected chi connectivity index (χ2v) is 11.3. The quantitative estimate of drug-likeness (QED) is 0.415. The van der Waals surface area contributed by atoms with Gasteiger partial charge in [-0.25, -0.2) is 4.98 Å². The van der Waals surface area contributed by atoms with Gasteiger partial charge in [0.2, 0.25) is 11.8 Å². The van der Waals surface area contributed by atoms with Crippen LogP contribution in [-0.2, 0) is 9.59 Å². The fourth-order valence-electron chi connectivity index (χ4n) is 4.74. The van der Waals surface area contributed by atoms with Crippen molar-refractivity contribution >= 4 is 23.2 Å². The molecule has 1 aliphatic rings. The van der Waals surface area contributed by atoms with E-state index in [0.717, 1.165) is 21.7 Å². The van der Waals surface area contributed by atoms with Crippen molar-refractivity contribution in [2.24, 2.45) is 5.92 Å². The van der Waals surface area contributed by atoms with Gasteiger partial charge < -0.3 is 19.8 Å². The average molecular weight is 550 g/mol. The lowest BCUT2D eigenvalue weighted by atomic mass is 9.91. The zero-order chi connectivity index (χ0) is 28.1. The summed E-state index contributed by atoms with van der Waals surface area (Å²) in [6, 6.07) is 8.56. The Bertz CT molecular complexity index is 1320. The van der Waals surface area contributed by atoms with E-state index in [9.17, 15) is 14.7 Å². The Labute approximate surface area is 233 Å². The summed E-state index contributed by atoms with van der Waals surface area (Å²) in [5.41, 5.74) is 4.48. The maximum absolute atomic E-state index is 13.5. The molecule has 10 heteroatoms. The second-order valence-electron chi connectivity index (χ2n) is 10.5. The average Bonchev–Trinajstić information content (AvgIpc) is 3.65. The van der Waals surface area contributed by atoms with Crippen molar-refractivity contribution in [1.82, 2.24) is 25.3 Å². The first-order valence-corrected chi connectivity index (χ1v) is 13.9. The predicted molar refractivity (Wildman–Crippen MR) is 150 cm³/mol. The molecule has 3 heterocycles. The number of hydrogen-bond acceptors (Lipinski definition) is 8. The predicted octanol–water partition coefficient (Wildman–Crippen LogP) is 3.29. The third kappa shape index (κ3) is 6.74. The molecular formula is C29H35N5O4S. The highest BCUT2D eigenvalue weighted by atomic mass is 32.1. The topological polar surface area (TPSA) is 112 Å². The maximum Gasteiger partial charge on any atom is 0.243 e. The molecule has 2 N–H and O–H groups in total. The molecule has 1 fully saturated rings. The van der Waals surface area contributed by atoms with E-state index in [1.165, 1.54) is 11.1 Å². The Balaban J connectivity index is 1.44. The number of nitrogens with zero attached hydrogens (tertiary/aromatic N) is 4. The minimum absolute atomic E-state index is 0.0673. The van der Waals surface area contributed by atoms with E-state index in [0.29, 0.717) is 12.3 Å². The molecule has 2 amide bonds. The Hall–Kier alpha value is -3.52. The second kappa shape index (κ2) is 12.6. The molecule has 4 atom stereocenters. The lowest BCUT2D eigenvalue weighted by Gasteiger charge is -2.29. The lowest BCUT2D eigenvalue weighted by Crippen LogP contribution is -2.48. The zero-order valence-corrected chi connectivity index (χ0v) is 23.7. The molecule has 206 valence electrons. The summed E-state index contributed by atoms with van der Waals surface area (Å²) in [5.74, 6) is 5.54. The van der Waals surface area contributed by atoms with E-state index < -0.39 is 18.1 Å². The number of aliphatic hydroxyl groups is 1. The van der Waals surface area contributed by atoms with Crippen LogP contribution in [0.15, 0.2) is 46.6 Å². The van der Waals surface area contributed by atoms with Gasteiger partial charge in [0.05, 0.1) is 35.3 Å². The van der Waals surface area contributed by atoms with E-state index in [-0.39, 0.29) is 36.7 Å². The molecule has 0 bridgehead atoms. The number of hydrogen-bond donors (Lipinski definition) is 2. The minimum Gasteiger partial charge on any atom is -0.391 e. The molecule has 1 aromatic carbocycles. The molecule has 39 heavy (non-hydrogen) atoms. The van der Waals surface area contributed by atoms with E-state index in [1.807, 2.05) is 64.0 Å². The van der Waals surface area contributed by atoms with Gasteiger partial charge in [-0.05, 0) is 44.0 Å². The number of nitrogens with one attached hydrogen (secondary N) is 1. The number of β-amino-alcohol motifs (C(OH)–C–C–N with tert-alkyl or cyclic N) is 1. The summed E-state index contributed by atoms with van der Waals surface area (Å²) in [4.78, 5) is 35.7. The molecule has 0 aliphatic carbocycles. The third-order valence-electron chi connectivity index (χ3n) is 6.76. The van der Waals surface area contributed by atoms with Crippen molar-refractivity contribution < 1.29 is 19.2 Å². The first-order chi connectivity index (χ1) is 18.7. The molecular weight excluding hydrogens is 514 g/mol. The van der Waals surface area contributed by atoms with E-state index >= 15 is 0 Å².